The van der Waals surface area contributed by atoms with Crippen molar-refractivity contribution in [1.29, 1.82) is 0 Å². The van der Waals surface area contributed by atoms with E-state index in [1.807, 2.05) is 0 Å². The lowest BCUT2D eigenvalue weighted by molar-refractivity contribution is 0.322. The van der Waals surface area contributed by atoms with Crippen molar-refractivity contribution in [2.45, 2.75) is 38.5 Å². The second-order valence-corrected chi connectivity index (χ2v) is 6.74. The molecule has 0 aromatic heterocycles. The molecular formula is C18H18. The third kappa shape index (κ3) is 0.880. The minimum absolute atomic E-state index is 0.203. The summed E-state index contributed by atoms with van der Waals surface area (Å²) in [5, 5.41) is 2.99. The minimum Gasteiger partial charge on any atom is -0.0572 e. The average molecular weight is 234 g/mol. The first kappa shape index (κ1) is 10.4. The zero-order valence-electron chi connectivity index (χ0n) is 11.5. The van der Waals surface area contributed by atoms with E-state index in [0.29, 0.717) is 0 Å². The molecule has 0 saturated carbocycles. The molecule has 2 aromatic rings. The maximum absolute atomic E-state index is 2.38. The molecule has 90 valence electrons. The predicted octanol–water partition coefficient (Wildman–Crippen LogP) is 4.89. The van der Waals surface area contributed by atoms with Gasteiger partial charge in [0.1, 0.15) is 0 Å². The summed E-state index contributed by atoms with van der Waals surface area (Å²) in [6.07, 6.45) is 4.49. The van der Waals surface area contributed by atoms with Gasteiger partial charge in [0.2, 0.25) is 0 Å². The summed E-state index contributed by atoms with van der Waals surface area (Å²) in [7, 11) is 0. The predicted molar refractivity (Wildman–Crippen MR) is 78.9 cm³/mol. The van der Waals surface area contributed by atoms with Gasteiger partial charge in [0, 0.05) is 0 Å². The molecule has 0 fully saturated rings. The molecule has 0 bridgehead atoms. The van der Waals surface area contributed by atoms with Crippen molar-refractivity contribution in [1.82, 2.24) is 0 Å². The summed E-state index contributed by atoms with van der Waals surface area (Å²) in [6.45, 7) is 9.53. The first-order valence-electron chi connectivity index (χ1n) is 6.73. The molecule has 0 heteroatoms. The Morgan fingerprint density at radius 1 is 0.611 bits per heavy atom. The Balaban J connectivity index is 2.29. The van der Waals surface area contributed by atoms with Crippen LogP contribution in [0.25, 0.3) is 22.9 Å². The van der Waals surface area contributed by atoms with Gasteiger partial charge >= 0.3 is 0 Å². The van der Waals surface area contributed by atoms with Crippen LogP contribution in [-0.4, -0.2) is 0 Å². The topological polar surface area (TPSA) is 0 Å². The Hall–Kier alpha value is -1.56. The lowest BCUT2D eigenvalue weighted by Crippen LogP contribution is -2.35. The summed E-state index contributed by atoms with van der Waals surface area (Å²) >= 11 is 0. The molecule has 0 aliphatic heterocycles. The molecule has 0 heterocycles. The van der Waals surface area contributed by atoms with Crippen LogP contribution >= 0.6 is 0 Å². The summed E-state index contributed by atoms with van der Waals surface area (Å²) in [4.78, 5) is 0. The third-order valence-electron chi connectivity index (χ3n) is 5.58. The van der Waals surface area contributed by atoms with E-state index in [0.717, 1.165) is 0 Å². The van der Waals surface area contributed by atoms with Crippen molar-refractivity contribution in [2.24, 2.45) is 0 Å². The van der Waals surface area contributed by atoms with E-state index in [9.17, 15) is 0 Å². The summed E-state index contributed by atoms with van der Waals surface area (Å²) in [5.41, 5.74) is 6.22. The molecule has 4 rings (SSSR count). The smallest absolute Gasteiger partial charge is 0.000556 e. The van der Waals surface area contributed by atoms with E-state index < -0.39 is 0 Å². The van der Waals surface area contributed by atoms with Gasteiger partial charge < -0.3 is 0 Å². The fourth-order valence-electron chi connectivity index (χ4n) is 3.72. The molecule has 0 saturated heterocycles. The minimum atomic E-state index is 0.203. The van der Waals surface area contributed by atoms with Crippen LogP contribution in [0.1, 0.15) is 49.9 Å². The maximum Gasteiger partial charge on any atom is -0.000556 e. The van der Waals surface area contributed by atoms with Crippen LogP contribution in [0, 0.1) is 0 Å². The van der Waals surface area contributed by atoms with E-state index in [4.69, 9.17) is 0 Å². The van der Waals surface area contributed by atoms with Gasteiger partial charge in [-0.05, 0) is 43.9 Å². The number of rotatable bonds is 0. The van der Waals surface area contributed by atoms with Crippen LogP contribution in [0.15, 0.2) is 24.3 Å². The van der Waals surface area contributed by atoms with Gasteiger partial charge in [-0.15, -0.1) is 0 Å². The summed E-state index contributed by atoms with van der Waals surface area (Å²) in [5.74, 6) is 0. The number of hydrogen-bond acceptors (Lipinski definition) is 0. The van der Waals surface area contributed by atoms with E-state index in [-0.39, 0.29) is 10.8 Å². The number of hydrogen-bond donors (Lipinski definition) is 0. The largest absolute Gasteiger partial charge is 0.0572 e. The molecule has 0 amide bonds. The monoisotopic (exact) mass is 234 g/mol. The average Bonchev–Trinajstić information content (AvgIpc) is 2.79. The van der Waals surface area contributed by atoms with Crippen LogP contribution in [0.2, 0.25) is 0 Å². The highest BCUT2D eigenvalue weighted by atomic mass is 14.5. The van der Waals surface area contributed by atoms with Gasteiger partial charge in [-0.2, -0.15) is 0 Å². The Kier molecular flexibility index (Phi) is 1.56. The fourth-order valence-corrected chi connectivity index (χ4v) is 3.72. The highest BCUT2D eigenvalue weighted by Crippen LogP contribution is 2.55. The van der Waals surface area contributed by atoms with E-state index >= 15 is 0 Å². The first-order valence-corrected chi connectivity index (χ1v) is 6.73. The van der Waals surface area contributed by atoms with Crippen LogP contribution in [0.3, 0.4) is 0 Å². The summed E-state index contributed by atoms with van der Waals surface area (Å²) < 4.78 is 0. The zero-order chi connectivity index (χ0) is 12.7. The van der Waals surface area contributed by atoms with Gasteiger partial charge in [0.05, 0.1) is 0 Å². The van der Waals surface area contributed by atoms with Crippen LogP contribution < -0.4 is 0 Å². The second kappa shape index (κ2) is 2.71. The molecule has 2 aliphatic rings. The van der Waals surface area contributed by atoms with Crippen LogP contribution in [0.4, 0.5) is 0 Å². The molecule has 2 aliphatic carbocycles. The van der Waals surface area contributed by atoms with Gasteiger partial charge in [-0.1, -0.05) is 64.1 Å². The van der Waals surface area contributed by atoms with Gasteiger partial charge in [0.25, 0.3) is 0 Å². The molecule has 0 N–H and O–H groups in total. The van der Waals surface area contributed by atoms with Crippen molar-refractivity contribution in [3.8, 4) is 0 Å². The van der Waals surface area contributed by atoms with E-state index in [1.54, 1.807) is 0 Å². The molecule has 0 radical (unpaired) electrons. The maximum atomic E-state index is 2.38. The van der Waals surface area contributed by atoms with E-state index in [1.165, 1.54) is 33.0 Å². The van der Waals surface area contributed by atoms with Crippen molar-refractivity contribution in [3.63, 3.8) is 0 Å². The number of benzene rings is 2. The molecule has 0 atom stereocenters. The van der Waals surface area contributed by atoms with Crippen molar-refractivity contribution < 1.29 is 0 Å². The normalized spacial score (nSPS) is 20.9. The molecule has 2 aromatic carbocycles. The quantitative estimate of drug-likeness (QED) is 0.519. The molecule has 0 spiro atoms. The lowest BCUT2D eigenvalue weighted by atomic mass is 9.66. The van der Waals surface area contributed by atoms with Crippen LogP contribution in [0.5, 0.6) is 0 Å². The molecule has 0 unspecified atom stereocenters. The highest BCUT2D eigenvalue weighted by Gasteiger charge is 2.47. The Bertz CT molecular complexity index is 669. The first-order chi connectivity index (χ1) is 8.44. The van der Waals surface area contributed by atoms with Crippen molar-refractivity contribution in [3.05, 3.63) is 46.5 Å². The SMILES string of the molecule is CC1(C)c2ccc3c4c(ccc(c24)C1(C)C)C=C3. The van der Waals surface area contributed by atoms with Gasteiger partial charge in [0.15, 0.2) is 0 Å². The van der Waals surface area contributed by atoms with Crippen molar-refractivity contribution >= 4 is 22.9 Å². The zero-order valence-corrected chi connectivity index (χ0v) is 11.5. The van der Waals surface area contributed by atoms with Gasteiger partial charge in [-0.3, -0.25) is 0 Å². The fraction of sp³-hybridized carbons (Fsp3) is 0.333. The highest BCUT2D eigenvalue weighted by molar-refractivity contribution is 6.09. The molecule has 0 nitrogen and oxygen atoms in total. The Morgan fingerprint density at radius 2 is 1.06 bits per heavy atom. The van der Waals surface area contributed by atoms with Crippen molar-refractivity contribution in [2.75, 3.05) is 0 Å². The second-order valence-electron chi connectivity index (χ2n) is 6.74. The van der Waals surface area contributed by atoms with Gasteiger partial charge in [-0.25, -0.2) is 0 Å². The van der Waals surface area contributed by atoms with E-state index in [2.05, 4.69) is 64.1 Å². The Morgan fingerprint density at radius 3 is 1.50 bits per heavy atom. The van der Waals surface area contributed by atoms with Crippen LogP contribution in [-0.2, 0) is 10.8 Å². The summed E-state index contributed by atoms with van der Waals surface area (Å²) in [6, 6.07) is 9.26. The Labute approximate surface area is 108 Å². The lowest BCUT2D eigenvalue weighted by Gasteiger charge is -2.37. The molecule has 18 heavy (non-hydrogen) atoms. The molecular weight excluding hydrogens is 216 g/mol. The third-order valence-corrected chi connectivity index (χ3v) is 5.58. The standard InChI is InChI=1S/C18H18/c1-17(2)13-9-7-11-5-6-12-8-10-14(18(17,3)4)16(13)15(11)12/h5-10H,1-4H3.